The van der Waals surface area contributed by atoms with Crippen LogP contribution in [0.25, 0.3) is 11.4 Å². The summed E-state index contributed by atoms with van der Waals surface area (Å²) in [6.07, 6.45) is 4.14. The average molecular weight is 203 g/mol. The van der Waals surface area contributed by atoms with Crippen molar-refractivity contribution in [3.8, 4) is 11.4 Å². The fraction of sp³-hybridized carbons (Fsp3) is 0.300. The number of aromatic amines is 1. The number of aryl methyl sites for hydroxylation is 1. The summed E-state index contributed by atoms with van der Waals surface area (Å²) in [5, 5.41) is 7.12. The fourth-order valence-electron chi connectivity index (χ4n) is 1.43. The predicted octanol–water partition coefficient (Wildman–Crippen LogP) is 0.676. The van der Waals surface area contributed by atoms with E-state index in [1.807, 2.05) is 13.0 Å². The molecule has 3 N–H and O–H groups in total. The summed E-state index contributed by atoms with van der Waals surface area (Å²) >= 11 is 0. The van der Waals surface area contributed by atoms with E-state index in [0.717, 1.165) is 29.2 Å². The Bertz CT molecular complexity index is 449. The number of nitrogens with two attached hydrogens (primary N) is 1. The zero-order valence-corrected chi connectivity index (χ0v) is 8.57. The summed E-state index contributed by atoms with van der Waals surface area (Å²) in [5.74, 6) is 0. The van der Waals surface area contributed by atoms with Crippen molar-refractivity contribution in [1.29, 1.82) is 0 Å². The minimum Gasteiger partial charge on any atom is -0.330 e. The second kappa shape index (κ2) is 4.18. The van der Waals surface area contributed by atoms with Crippen molar-refractivity contribution in [2.75, 3.05) is 6.54 Å². The number of nitrogens with one attached hydrogen (secondary N) is 1. The molecule has 0 spiro atoms. The highest BCUT2D eigenvalue weighted by atomic mass is 15.1. The first-order chi connectivity index (χ1) is 7.31. The summed E-state index contributed by atoms with van der Waals surface area (Å²) in [6, 6.07) is 1.96. The van der Waals surface area contributed by atoms with E-state index in [-0.39, 0.29) is 0 Å². The Kier molecular flexibility index (Phi) is 2.73. The molecule has 0 saturated carbocycles. The molecule has 0 saturated heterocycles. The molecular weight excluding hydrogens is 190 g/mol. The van der Waals surface area contributed by atoms with Crippen LogP contribution >= 0.6 is 0 Å². The lowest BCUT2D eigenvalue weighted by Crippen LogP contribution is -2.02. The first kappa shape index (κ1) is 9.79. The molecule has 2 aromatic rings. The number of aromatic nitrogens is 4. The number of hydrogen-bond acceptors (Lipinski definition) is 4. The van der Waals surface area contributed by atoms with E-state index in [1.54, 1.807) is 12.4 Å². The zero-order valence-electron chi connectivity index (χ0n) is 8.57. The molecule has 2 aromatic heterocycles. The van der Waals surface area contributed by atoms with E-state index in [0.29, 0.717) is 6.54 Å². The van der Waals surface area contributed by atoms with Crippen molar-refractivity contribution < 1.29 is 0 Å². The van der Waals surface area contributed by atoms with E-state index >= 15 is 0 Å². The molecule has 0 unspecified atom stereocenters. The molecule has 0 radical (unpaired) electrons. The minimum atomic E-state index is 0.612. The number of rotatable bonds is 3. The highest BCUT2D eigenvalue weighted by Crippen LogP contribution is 2.17. The summed E-state index contributed by atoms with van der Waals surface area (Å²) in [6.45, 7) is 2.53. The van der Waals surface area contributed by atoms with Crippen LogP contribution in [0.1, 0.15) is 11.4 Å². The lowest BCUT2D eigenvalue weighted by molar-refractivity contribution is 0.901. The molecule has 0 fully saturated rings. The molecule has 0 aliphatic carbocycles. The molecule has 78 valence electrons. The number of H-pyrrole nitrogens is 1. The molecule has 2 heterocycles. The minimum absolute atomic E-state index is 0.612. The Morgan fingerprint density at radius 1 is 1.33 bits per heavy atom. The molecule has 0 aromatic carbocycles. The van der Waals surface area contributed by atoms with Gasteiger partial charge >= 0.3 is 0 Å². The van der Waals surface area contributed by atoms with Gasteiger partial charge in [0.2, 0.25) is 0 Å². The average Bonchev–Trinajstić information content (AvgIpc) is 2.68. The summed E-state index contributed by atoms with van der Waals surface area (Å²) in [7, 11) is 0. The van der Waals surface area contributed by atoms with Crippen LogP contribution in [0.2, 0.25) is 0 Å². The lowest BCUT2D eigenvalue weighted by Gasteiger charge is -1.97. The van der Waals surface area contributed by atoms with Crippen LogP contribution in [0.5, 0.6) is 0 Å². The van der Waals surface area contributed by atoms with E-state index in [1.165, 1.54) is 0 Å². The molecule has 0 aliphatic rings. The van der Waals surface area contributed by atoms with Gasteiger partial charge in [0.05, 0.1) is 5.69 Å². The zero-order chi connectivity index (χ0) is 10.7. The Morgan fingerprint density at radius 3 is 2.87 bits per heavy atom. The molecule has 0 aliphatic heterocycles. The van der Waals surface area contributed by atoms with Crippen molar-refractivity contribution in [2.24, 2.45) is 5.73 Å². The Hall–Kier alpha value is -1.75. The quantitative estimate of drug-likeness (QED) is 0.768. The lowest BCUT2D eigenvalue weighted by atomic mass is 10.2. The van der Waals surface area contributed by atoms with Crippen LogP contribution in [-0.4, -0.2) is 26.7 Å². The smallest absolute Gasteiger partial charge is 0.113 e. The molecule has 15 heavy (non-hydrogen) atoms. The van der Waals surface area contributed by atoms with Gasteiger partial charge in [-0.25, -0.2) is 0 Å². The van der Waals surface area contributed by atoms with Gasteiger partial charge in [0.25, 0.3) is 0 Å². The van der Waals surface area contributed by atoms with Crippen molar-refractivity contribution in [3.63, 3.8) is 0 Å². The maximum absolute atomic E-state index is 5.46. The van der Waals surface area contributed by atoms with Gasteiger partial charge in [-0.15, -0.1) is 0 Å². The number of hydrogen-bond donors (Lipinski definition) is 2. The van der Waals surface area contributed by atoms with Crippen LogP contribution in [-0.2, 0) is 6.42 Å². The molecule has 5 nitrogen and oxygen atoms in total. The van der Waals surface area contributed by atoms with Crippen LogP contribution < -0.4 is 5.73 Å². The fourth-order valence-corrected chi connectivity index (χ4v) is 1.43. The third-order valence-electron chi connectivity index (χ3n) is 2.17. The molecule has 0 amide bonds. The normalized spacial score (nSPS) is 10.5. The highest BCUT2D eigenvalue weighted by molar-refractivity contribution is 5.56. The third kappa shape index (κ3) is 2.02. The molecular formula is C10H13N5. The van der Waals surface area contributed by atoms with Gasteiger partial charge in [-0.2, -0.15) is 5.10 Å². The van der Waals surface area contributed by atoms with Gasteiger partial charge in [0.15, 0.2) is 0 Å². The first-order valence-electron chi connectivity index (χ1n) is 4.83. The van der Waals surface area contributed by atoms with Crippen molar-refractivity contribution in [2.45, 2.75) is 13.3 Å². The second-order valence-corrected chi connectivity index (χ2v) is 3.31. The van der Waals surface area contributed by atoms with Crippen LogP contribution in [0.3, 0.4) is 0 Å². The SMILES string of the molecule is Cc1nccnc1-c1cc(CCN)[nH]n1. The topological polar surface area (TPSA) is 80.5 Å². The highest BCUT2D eigenvalue weighted by Gasteiger charge is 2.07. The standard InChI is InChI=1S/C10H13N5/c1-7-10(13-5-4-12-7)9-6-8(2-3-11)14-15-9/h4-6H,2-3,11H2,1H3,(H,14,15). The second-order valence-electron chi connectivity index (χ2n) is 3.31. The number of nitrogens with zero attached hydrogens (tertiary/aromatic N) is 3. The third-order valence-corrected chi connectivity index (χ3v) is 2.17. The van der Waals surface area contributed by atoms with E-state index in [9.17, 15) is 0 Å². The molecule has 2 rings (SSSR count). The Labute approximate surface area is 87.8 Å². The molecule has 5 heteroatoms. The largest absolute Gasteiger partial charge is 0.330 e. The van der Waals surface area contributed by atoms with Crippen LogP contribution in [0.4, 0.5) is 0 Å². The maximum Gasteiger partial charge on any atom is 0.113 e. The van der Waals surface area contributed by atoms with Crippen molar-refractivity contribution in [3.05, 3.63) is 29.8 Å². The first-order valence-corrected chi connectivity index (χ1v) is 4.83. The summed E-state index contributed by atoms with van der Waals surface area (Å²) in [5.41, 5.74) is 9.01. The predicted molar refractivity (Wildman–Crippen MR) is 57.1 cm³/mol. The van der Waals surface area contributed by atoms with Crippen LogP contribution in [0.15, 0.2) is 18.5 Å². The van der Waals surface area contributed by atoms with E-state index in [4.69, 9.17) is 5.73 Å². The van der Waals surface area contributed by atoms with Gasteiger partial charge in [0.1, 0.15) is 11.4 Å². The van der Waals surface area contributed by atoms with Gasteiger partial charge in [0, 0.05) is 24.5 Å². The van der Waals surface area contributed by atoms with Crippen LogP contribution in [0, 0.1) is 6.92 Å². The van der Waals surface area contributed by atoms with E-state index < -0.39 is 0 Å². The van der Waals surface area contributed by atoms with Gasteiger partial charge in [-0.05, 0) is 19.5 Å². The van der Waals surface area contributed by atoms with Gasteiger partial charge in [-0.3, -0.25) is 15.1 Å². The Morgan fingerprint density at radius 2 is 2.13 bits per heavy atom. The molecule has 0 bridgehead atoms. The Balaban J connectivity index is 2.33. The summed E-state index contributed by atoms with van der Waals surface area (Å²) < 4.78 is 0. The van der Waals surface area contributed by atoms with Gasteiger partial charge < -0.3 is 5.73 Å². The van der Waals surface area contributed by atoms with E-state index in [2.05, 4.69) is 20.2 Å². The molecule has 0 atom stereocenters. The summed E-state index contributed by atoms with van der Waals surface area (Å²) in [4.78, 5) is 8.42. The maximum atomic E-state index is 5.46. The monoisotopic (exact) mass is 203 g/mol. The van der Waals surface area contributed by atoms with Gasteiger partial charge in [-0.1, -0.05) is 0 Å². The van der Waals surface area contributed by atoms with Crippen molar-refractivity contribution in [1.82, 2.24) is 20.2 Å². The van der Waals surface area contributed by atoms with Crippen molar-refractivity contribution >= 4 is 0 Å².